The third-order valence-electron chi connectivity index (χ3n) is 1.62. The van der Waals surface area contributed by atoms with E-state index in [4.69, 9.17) is 19.8 Å². The van der Waals surface area contributed by atoms with Crippen molar-refractivity contribution in [1.29, 1.82) is 5.26 Å². The molecule has 0 atom stereocenters. The maximum atomic E-state index is 8.15. The van der Waals surface area contributed by atoms with Crippen LogP contribution in [0.1, 0.15) is 27.7 Å². The van der Waals surface area contributed by atoms with Crippen molar-refractivity contribution < 1.29 is 14.6 Å². The first-order chi connectivity index (χ1) is 8.86. The van der Waals surface area contributed by atoms with Crippen LogP contribution in [-0.2, 0) is 0 Å². The maximum Gasteiger partial charge on any atom is 0.160 e. The molecule has 0 aromatic heterocycles. The molecule has 0 aliphatic rings. The minimum absolute atomic E-state index is 0.153. The molecular weight excluding hydrogens is 242 g/mol. The molecule has 1 aromatic carbocycles. The van der Waals surface area contributed by atoms with Gasteiger partial charge in [-0.05, 0) is 39.8 Å². The van der Waals surface area contributed by atoms with Gasteiger partial charge >= 0.3 is 0 Å². The predicted octanol–water partition coefficient (Wildman–Crippen LogP) is 3.26. The highest BCUT2D eigenvalue weighted by Gasteiger charge is 2.04. The fourth-order valence-corrected chi connectivity index (χ4v) is 0.787. The molecule has 0 fully saturated rings. The van der Waals surface area contributed by atoms with E-state index in [1.807, 2.05) is 45.0 Å². The van der Waals surface area contributed by atoms with Crippen LogP contribution in [0.5, 0.6) is 11.5 Å². The summed E-state index contributed by atoms with van der Waals surface area (Å²) in [7, 11) is 3.25. The number of para-hydroxylation sites is 2. The van der Waals surface area contributed by atoms with Crippen LogP contribution in [0.2, 0.25) is 0 Å². The lowest BCUT2D eigenvalue weighted by Gasteiger charge is -2.04. The van der Waals surface area contributed by atoms with Crippen molar-refractivity contribution in [2.24, 2.45) is 5.41 Å². The Kier molecular flexibility index (Phi) is 11.7. The Morgan fingerprint density at radius 2 is 1.37 bits per heavy atom. The maximum absolute atomic E-state index is 8.15. The van der Waals surface area contributed by atoms with Crippen molar-refractivity contribution >= 4 is 0 Å². The normalized spacial score (nSPS) is 8.95. The molecule has 0 spiro atoms. The van der Waals surface area contributed by atoms with Crippen LogP contribution in [0, 0.1) is 16.7 Å². The van der Waals surface area contributed by atoms with Gasteiger partial charge < -0.3 is 14.6 Å². The standard InChI is InChI=1S/C8H10O2.C5H9N.C2H6O/c1-9-7-5-3-4-6-8(7)10-2;1-5(2,3)4-6;1-2-3/h3-6H,1-2H3;1-3H3;3H,2H2,1H3. The molecule has 4 nitrogen and oxygen atoms in total. The summed E-state index contributed by atoms with van der Waals surface area (Å²) >= 11 is 0. The number of hydrogen-bond donors (Lipinski definition) is 1. The number of nitrogens with zero attached hydrogens (tertiary/aromatic N) is 1. The van der Waals surface area contributed by atoms with E-state index in [1.54, 1.807) is 21.1 Å². The smallest absolute Gasteiger partial charge is 0.160 e. The molecule has 0 radical (unpaired) electrons. The summed E-state index contributed by atoms with van der Waals surface area (Å²) in [5, 5.41) is 15.7. The number of aliphatic hydroxyl groups is 1. The van der Waals surface area contributed by atoms with E-state index in [2.05, 4.69) is 6.07 Å². The Hall–Kier alpha value is -1.73. The summed E-state index contributed by atoms with van der Waals surface area (Å²) in [6, 6.07) is 9.63. The van der Waals surface area contributed by atoms with Gasteiger partial charge in [-0.2, -0.15) is 5.26 Å². The van der Waals surface area contributed by atoms with Crippen molar-refractivity contribution in [3.8, 4) is 17.6 Å². The number of benzene rings is 1. The molecule has 1 rings (SSSR count). The molecule has 19 heavy (non-hydrogen) atoms. The molecule has 0 heterocycles. The van der Waals surface area contributed by atoms with E-state index < -0.39 is 0 Å². The van der Waals surface area contributed by atoms with Crippen molar-refractivity contribution in [3.63, 3.8) is 0 Å². The third-order valence-corrected chi connectivity index (χ3v) is 1.62. The van der Waals surface area contributed by atoms with Crippen LogP contribution in [0.15, 0.2) is 24.3 Å². The van der Waals surface area contributed by atoms with Gasteiger partial charge in [-0.1, -0.05) is 12.1 Å². The first-order valence-electron chi connectivity index (χ1n) is 6.05. The quantitative estimate of drug-likeness (QED) is 0.893. The van der Waals surface area contributed by atoms with Gasteiger partial charge in [-0.3, -0.25) is 0 Å². The molecular formula is C15H25NO3. The third kappa shape index (κ3) is 12.5. The zero-order valence-electron chi connectivity index (χ0n) is 12.7. The molecule has 1 aromatic rings. The van der Waals surface area contributed by atoms with Gasteiger partial charge in [-0.15, -0.1) is 0 Å². The number of aliphatic hydroxyl groups excluding tert-OH is 1. The summed E-state index contributed by atoms with van der Waals surface area (Å²) in [6.45, 7) is 7.58. The summed E-state index contributed by atoms with van der Waals surface area (Å²) in [5.41, 5.74) is -0.153. The van der Waals surface area contributed by atoms with Gasteiger partial charge in [-0.25, -0.2) is 0 Å². The molecule has 0 bridgehead atoms. The fraction of sp³-hybridized carbons (Fsp3) is 0.533. The van der Waals surface area contributed by atoms with Gasteiger partial charge in [0.15, 0.2) is 11.5 Å². The molecule has 0 aliphatic carbocycles. The van der Waals surface area contributed by atoms with Gasteiger partial charge in [0.1, 0.15) is 0 Å². The van der Waals surface area contributed by atoms with Gasteiger partial charge in [0.05, 0.1) is 20.3 Å². The van der Waals surface area contributed by atoms with Crippen molar-refractivity contribution in [2.75, 3.05) is 20.8 Å². The van der Waals surface area contributed by atoms with E-state index in [0.29, 0.717) is 0 Å². The van der Waals surface area contributed by atoms with E-state index >= 15 is 0 Å². The number of methoxy groups -OCH3 is 2. The van der Waals surface area contributed by atoms with Crippen LogP contribution in [0.4, 0.5) is 0 Å². The van der Waals surface area contributed by atoms with Crippen molar-refractivity contribution in [3.05, 3.63) is 24.3 Å². The molecule has 0 aliphatic heterocycles. The zero-order valence-corrected chi connectivity index (χ0v) is 12.7. The average molecular weight is 267 g/mol. The molecule has 0 saturated heterocycles. The number of nitriles is 1. The SMILES string of the molecule is CC(C)(C)C#N.CCO.COc1ccccc1OC. The summed E-state index contributed by atoms with van der Waals surface area (Å²) < 4.78 is 10.0. The Morgan fingerprint density at radius 1 is 1.11 bits per heavy atom. The van der Waals surface area contributed by atoms with Crippen molar-refractivity contribution in [1.82, 2.24) is 0 Å². The van der Waals surface area contributed by atoms with Crippen molar-refractivity contribution in [2.45, 2.75) is 27.7 Å². The second-order valence-corrected chi connectivity index (χ2v) is 4.53. The molecule has 1 N–H and O–H groups in total. The highest BCUT2D eigenvalue weighted by molar-refractivity contribution is 5.38. The Morgan fingerprint density at radius 3 is 1.53 bits per heavy atom. The van der Waals surface area contributed by atoms with Gasteiger partial charge in [0.25, 0.3) is 0 Å². The van der Waals surface area contributed by atoms with E-state index in [-0.39, 0.29) is 12.0 Å². The highest BCUT2D eigenvalue weighted by atomic mass is 16.5. The summed E-state index contributed by atoms with van der Waals surface area (Å²) in [5.74, 6) is 1.54. The Bertz CT molecular complexity index is 341. The minimum atomic E-state index is -0.153. The summed E-state index contributed by atoms with van der Waals surface area (Å²) in [4.78, 5) is 0. The molecule has 0 saturated carbocycles. The Balaban J connectivity index is 0. The highest BCUT2D eigenvalue weighted by Crippen LogP contribution is 2.24. The Labute approximate surface area is 116 Å². The second-order valence-electron chi connectivity index (χ2n) is 4.53. The average Bonchev–Trinajstić information content (AvgIpc) is 2.39. The van der Waals surface area contributed by atoms with Crippen LogP contribution < -0.4 is 9.47 Å². The first-order valence-corrected chi connectivity index (χ1v) is 6.05. The molecule has 0 amide bonds. The number of ether oxygens (including phenoxy) is 2. The minimum Gasteiger partial charge on any atom is -0.493 e. The number of rotatable bonds is 2. The van der Waals surface area contributed by atoms with Crippen LogP contribution >= 0.6 is 0 Å². The zero-order chi connectivity index (χ0) is 15.3. The molecule has 0 unspecified atom stereocenters. The summed E-state index contributed by atoms with van der Waals surface area (Å²) in [6.07, 6.45) is 0. The lowest BCUT2D eigenvalue weighted by molar-refractivity contribution is 0.318. The van der Waals surface area contributed by atoms with E-state index in [0.717, 1.165) is 11.5 Å². The van der Waals surface area contributed by atoms with Gasteiger partial charge in [0.2, 0.25) is 0 Å². The fourth-order valence-electron chi connectivity index (χ4n) is 0.787. The lowest BCUT2D eigenvalue weighted by atomic mass is 10.0. The van der Waals surface area contributed by atoms with Gasteiger partial charge in [0, 0.05) is 12.0 Å². The first kappa shape index (κ1) is 19.6. The van der Waals surface area contributed by atoms with E-state index in [1.165, 1.54) is 0 Å². The topological polar surface area (TPSA) is 62.5 Å². The second kappa shape index (κ2) is 11.4. The van der Waals surface area contributed by atoms with Crippen LogP contribution in [0.25, 0.3) is 0 Å². The molecule has 108 valence electrons. The van der Waals surface area contributed by atoms with E-state index in [9.17, 15) is 0 Å². The lowest BCUT2D eigenvalue weighted by Crippen LogP contribution is -1.97. The van der Waals surface area contributed by atoms with Crippen LogP contribution in [-0.4, -0.2) is 25.9 Å². The largest absolute Gasteiger partial charge is 0.493 e. The number of hydrogen-bond acceptors (Lipinski definition) is 4. The monoisotopic (exact) mass is 267 g/mol. The predicted molar refractivity (Wildman–Crippen MR) is 77.4 cm³/mol. The molecule has 4 heteroatoms. The van der Waals surface area contributed by atoms with Crippen LogP contribution in [0.3, 0.4) is 0 Å².